The summed E-state index contributed by atoms with van der Waals surface area (Å²) in [7, 11) is 1.45. The van der Waals surface area contributed by atoms with Gasteiger partial charge in [0, 0.05) is 12.0 Å². The summed E-state index contributed by atoms with van der Waals surface area (Å²) in [6, 6.07) is 16.8. The molecule has 0 radical (unpaired) electrons. The Morgan fingerprint density at radius 2 is 1.89 bits per heavy atom. The molecule has 1 atom stereocenters. The van der Waals surface area contributed by atoms with Crippen molar-refractivity contribution in [3.05, 3.63) is 76.6 Å². The van der Waals surface area contributed by atoms with E-state index in [1.807, 2.05) is 42.5 Å². The minimum Gasteiger partial charge on any atom is -0.399 e. The first-order valence-corrected chi connectivity index (χ1v) is 8.76. The van der Waals surface area contributed by atoms with Crippen molar-refractivity contribution < 1.29 is 14.0 Å². The summed E-state index contributed by atoms with van der Waals surface area (Å²) in [5.74, 6) is -0.705. The molecule has 0 spiro atoms. The van der Waals surface area contributed by atoms with Crippen LogP contribution in [-0.4, -0.2) is 40.4 Å². The van der Waals surface area contributed by atoms with Crippen molar-refractivity contribution in [1.29, 1.82) is 0 Å². The van der Waals surface area contributed by atoms with Crippen molar-refractivity contribution in [1.82, 2.24) is 15.1 Å². The molecule has 1 amide bonds. The van der Waals surface area contributed by atoms with Crippen molar-refractivity contribution in [3.63, 3.8) is 0 Å². The van der Waals surface area contributed by atoms with E-state index in [0.29, 0.717) is 17.7 Å². The molecule has 3 aromatic rings. The highest BCUT2D eigenvalue weighted by molar-refractivity contribution is 6.00. The Labute approximate surface area is 160 Å². The highest BCUT2D eigenvalue weighted by Gasteiger charge is 2.38. The third-order valence-corrected chi connectivity index (χ3v) is 4.62. The molecule has 0 bridgehead atoms. The number of nitrogens with one attached hydrogen (secondary N) is 1. The van der Waals surface area contributed by atoms with Gasteiger partial charge in [-0.2, -0.15) is 0 Å². The second-order valence-corrected chi connectivity index (χ2v) is 6.39. The lowest BCUT2D eigenvalue weighted by atomic mass is 10.0. The van der Waals surface area contributed by atoms with Gasteiger partial charge in [-0.15, -0.1) is 5.10 Å². The third kappa shape index (κ3) is 3.44. The molecular weight excluding hydrogens is 360 g/mol. The van der Waals surface area contributed by atoms with Crippen LogP contribution in [-0.2, 0) is 4.84 Å². The maximum absolute atomic E-state index is 13.1. The Morgan fingerprint density at radius 1 is 1.18 bits per heavy atom. The molecule has 1 aromatic heterocycles. The van der Waals surface area contributed by atoms with Gasteiger partial charge in [0.1, 0.15) is 13.2 Å². The average molecular weight is 378 g/mol. The number of aromatic nitrogens is 2. The number of benzene rings is 2. The summed E-state index contributed by atoms with van der Waals surface area (Å²) in [6.45, 7) is 0.272. The zero-order chi connectivity index (χ0) is 19.5. The van der Waals surface area contributed by atoms with E-state index in [1.54, 1.807) is 17.0 Å². The first-order valence-electron chi connectivity index (χ1n) is 8.76. The molecule has 0 aliphatic carbocycles. The molecule has 1 aliphatic rings. The summed E-state index contributed by atoms with van der Waals surface area (Å²) >= 11 is 0. The summed E-state index contributed by atoms with van der Waals surface area (Å²) in [5.41, 5.74) is 3.30. The highest BCUT2D eigenvalue weighted by atomic mass is 16.6. The van der Waals surface area contributed by atoms with Gasteiger partial charge in [0.05, 0.1) is 12.3 Å². The van der Waals surface area contributed by atoms with E-state index in [2.05, 4.69) is 15.4 Å². The Kier molecular flexibility index (Phi) is 4.76. The number of carbonyl (C=O) groups is 1. The van der Waals surface area contributed by atoms with E-state index in [-0.39, 0.29) is 18.3 Å². The number of hydrogen-bond donors (Lipinski definition) is 1. The standard InChI is InChI=1S/C20H18N4O4/c1-27-23-16-11-17(18-21-22-20(26)28-18)24(12-16)19(25)15-9-7-14(8-10-15)13-5-3-2-4-6-13/h2-10,17H,11-12H2,1H3,(H,22,26)/t17-/m0/s1. The molecule has 4 rings (SSSR count). The van der Waals surface area contributed by atoms with Crippen molar-refractivity contribution in [3.8, 4) is 11.1 Å². The van der Waals surface area contributed by atoms with Crippen LogP contribution in [0.4, 0.5) is 0 Å². The summed E-state index contributed by atoms with van der Waals surface area (Å²) in [6.07, 6.45) is 0.384. The van der Waals surface area contributed by atoms with Gasteiger partial charge in [0.25, 0.3) is 5.91 Å². The largest absolute Gasteiger partial charge is 0.434 e. The second-order valence-electron chi connectivity index (χ2n) is 6.39. The zero-order valence-electron chi connectivity index (χ0n) is 15.2. The number of carbonyl (C=O) groups excluding carboxylic acids is 1. The van der Waals surface area contributed by atoms with Crippen LogP contribution in [0.5, 0.6) is 0 Å². The first kappa shape index (κ1) is 17.7. The van der Waals surface area contributed by atoms with Gasteiger partial charge in [0.15, 0.2) is 0 Å². The maximum atomic E-state index is 13.1. The van der Waals surface area contributed by atoms with E-state index in [4.69, 9.17) is 9.25 Å². The minimum atomic E-state index is -0.660. The lowest BCUT2D eigenvalue weighted by Crippen LogP contribution is -2.31. The molecule has 1 fully saturated rings. The van der Waals surface area contributed by atoms with Crippen LogP contribution in [0.25, 0.3) is 11.1 Å². The summed E-state index contributed by atoms with van der Waals surface area (Å²) in [5, 5.41) is 10.1. The van der Waals surface area contributed by atoms with E-state index in [9.17, 15) is 9.59 Å². The molecule has 8 nitrogen and oxygen atoms in total. The number of hydrogen-bond acceptors (Lipinski definition) is 6. The van der Waals surface area contributed by atoms with E-state index in [1.165, 1.54) is 7.11 Å². The summed E-state index contributed by atoms with van der Waals surface area (Å²) in [4.78, 5) is 30.9. The van der Waals surface area contributed by atoms with Crippen LogP contribution in [0.15, 0.2) is 69.0 Å². The van der Waals surface area contributed by atoms with Gasteiger partial charge < -0.3 is 14.2 Å². The number of rotatable bonds is 4. The molecule has 0 unspecified atom stereocenters. The lowest BCUT2D eigenvalue weighted by Gasteiger charge is -2.21. The molecule has 1 saturated heterocycles. The van der Waals surface area contributed by atoms with E-state index < -0.39 is 11.8 Å². The van der Waals surface area contributed by atoms with E-state index in [0.717, 1.165) is 11.1 Å². The molecule has 1 aliphatic heterocycles. The highest BCUT2D eigenvalue weighted by Crippen LogP contribution is 2.31. The number of oxime groups is 1. The van der Waals surface area contributed by atoms with Crippen LogP contribution in [0.2, 0.25) is 0 Å². The third-order valence-electron chi connectivity index (χ3n) is 4.62. The van der Waals surface area contributed by atoms with Crippen LogP contribution in [0.3, 0.4) is 0 Å². The Bertz CT molecular complexity index is 1050. The Morgan fingerprint density at radius 3 is 2.54 bits per heavy atom. The maximum Gasteiger partial charge on any atom is 0.434 e. The fourth-order valence-electron chi connectivity index (χ4n) is 3.32. The van der Waals surface area contributed by atoms with Crippen molar-refractivity contribution in [2.75, 3.05) is 13.7 Å². The molecule has 2 aromatic carbocycles. The molecule has 28 heavy (non-hydrogen) atoms. The quantitative estimate of drug-likeness (QED) is 0.704. The van der Waals surface area contributed by atoms with E-state index >= 15 is 0 Å². The topological polar surface area (TPSA) is 101 Å². The molecule has 2 heterocycles. The van der Waals surface area contributed by atoms with Crippen molar-refractivity contribution >= 4 is 11.6 Å². The number of nitrogens with zero attached hydrogens (tertiary/aromatic N) is 3. The van der Waals surface area contributed by atoms with Gasteiger partial charge in [-0.3, -0.25) is 4.79 Å². The molecule has 0 saturated carbocycles. The predicted molar refractivity (Wildman–Crippen MR) is 102 cm³/mol. The number of H-pyrrole nitrogens is 1. The molecule has 8 heteroatoms. The normalized spacial score (nSPS) is 17.8. The smallest absolute Gasteiger partial charge is 0.399 e. The first-order chi connectivity index (χ1) is 13.7. The fourth-order valence-corrected chi connectivity index (χ4v) is 3.32. The molecular formula is C20H18N4O4. The Hall–Kier alpha value is -3.68. The van der Waals surface area contributed by atoms with Crippen LogP contribution in [0.1, 0.15) is 28.7 Å². The van der Waals surface area contributed by atoms with Crippen LogP contribution >= 0.6 is 0 Å². The zero-order valence-corrected chi connectivity index (χ0v) is 15.2. The lowest BCUT2D eigenvalue weighted by molar-refractivity contribution is 0.0718. The SMILES string of the molecule is CON=C1C[C@@H](c2n[nH]c(=O)o2)N(C(=O)c2ccc(-c3ccccc3)cc2)C1. The summed E-state index contributed by atoms with van der Waals surface area (Å²) < 4.78 is 5.08. The number of aromatic amines is 1. The van der Waals surface area contributed by atoms with Gasteiger partial charge >= 0.3 is 5.76 Å². The van der Waals surface area contributed by atoms with Gasteiger partial charge in [-0.25, -0.2) is 9.89 Å². The van der Waals surface area contributed by atoms with Crippen LogP contribution in [0, 0.1) is 0 Å². The monoisotopic (exact) mass is 378 g/mol. The predicted octanol–water partition coefficient (Wildman–Crippen LogP) is 2.62. The number of amides is 1. The Balaban J connectivity index is 1.61. The van der Waals surface area contributed by atoms with Gasteiger partial charge in [-0.05, 0) is 23.3 Å². The molecule has 1 N–H and O–H groups in total. The van der Waals surface area contributed by atoms with Gasteiger partial charge in [-0.1, -0.05) is 47.6 Å². The minimum absolute atomic E-state index is 0.153. The van der Waals surface area contributed by atoms with Crippen LogP contribution < -0.4 is 5.76 Å². The number of likely N-dealkylation sites (tertiary alicyclic amines) is 1. The van der Waals surface area contributed by atoms with Gasteiger partial charge in [0.2, 0.25) is 5.89 Å². The van der Waals surface area contributed by atoms with Crippen molar-refractivity contribution in [2.24, 2.45) is 5.16 Å². The fraction of sp³-hybridized carbons (Fsp3) is 0.200. The second kappa shape index (κ2) is 7.51. The van der Waals surface area contributed by atoms with Crippen molar-refractivity contribution in [2.45, 2.75) is 12.5 Å². The average Bonchev–Trinajstić information content (AvgIpc) is 3.35. The molecule has 142 valence electrons.